The molecule has 0 spiro atoms. The van der Waals surface area contributed by atoms with Crippen LogP contribution in [0, 0.1) is 11.3 Å². The minimum atomic E-state index is 0.149. The molecule has 0 aromatic heterocycles. The van der Waals surface area contributed by atoms with Gasteiger partial charge < -0.3 is 10.8 Å². The number of benzene rings is 1. The van der Waals surface area contributed by atoms with Crippen LogP contribution in [0.15, 0.2) is 18.2 Å². The van der Waals surface area contributed by atoms with Crippen molar-refractivity contribution < 1.29 is 5.11 Å². The first-order valence-corrected chi connectivity index (χ1v) is 4.18. The van der Waals surface area contributed by atoms with Gasteiger partial charge in [-0.05, 0) is 24.5 Å². The van der Waals surface area contributed by atoms with Crippen molar-refractivity contribution in [3.8, 4) is 6.07 Å². The molecule has 0 fully saturated rings. The summed E-state index contributed by atoms with van der Waals surface area (Å²) in [4.78, 5) is 0. The predicted molar refractivity (Wildman–Crippen MR) is 51.0 cm³/mol. The molecule has 3 heteroatoms. The Hall–Kier alpha value is -1.53. The summed E-state index contributed by atoms with van der Waals surface area (Å²) < 4.78 is 0. The lowest BCUT2D eigenvalue weighted by Crippen LogP contribution is -1.98. The average Bonchev–Trinajstić information content (AvgIpc) is 2.16. The van der Waals surface area contributed by atoms with E-state index in [-0.39, 0.29) is 6.61 Å². The lowest BCUT2D eigenvalue weighted by Gasteiger charge is -2.05. The number of nitrogens with zero attached hydrogens (tertiary/aromatic N) is 1. The van der Waals surface area contributed by atoms with Crippen molar-refractivity contribution in [1.82, 2.24) is 0 Å². The predicted octanol–water partition coefficient (Wildman–Crippen LogP) is 1.07. The van der Waals surface area contributed by atoms with Crippen LogP contribution in [0.2, 0.25) is 0 Å². The largest absolute Gasteiger partial charge is 0.397 e. The summed E-state index contributed by atoms with van der Waals surface area (Å²) >= 11 is 0. The van der Waals surface area contributed by atoms with Crippen molar-refractivity contribution in [2.24, 2.45) is 0 Å². The number of aryl methyl sites for hydroxylation is 1. The van der Waals surface area contributed by atoms with Gasteiger partial charge >= 0.3 is 0 Å². The second-order valence-electron chi connectivity index (χ2n) is 2.82. The molecule has 0 aliphatic carbocycles. The quantitative estimate of drug-likeness (QED) is 0.676. The van der Waals surface area contributed by atoms with E-state index in [0.717, 1.165) is 12.0 Å². The van der Waals surface area contributed by atoms with Gasteiger partial charge in [0.1, 0.15) is 6.07 Å². The van der Waals surface area contributed by atoms with Crippen molar-refractivity contribution in [3.63, 3.8) is 0 Å². The molecule has 3 nitrogen and oxygen atoms in total. The first-order valence-electron chi connectivity index (χ1n) is 4.18. The van der Waals surface area contributed by atoms with E-state index in [4.69, 9.17) is 16.1 Å². The number of rotatable bonds is 3. The van der Waals surface area contributed by atoms with Gasteiger partial charge in [0.05, 0.1) is 11.3 Å². The lowest BCUT2D eigenvalue weighted by atomic mass is 10.0. The Kier molecular flexibility index (Phi) is 3.30. The Labute approximate surface area is 77.4 Å². The summed E-state index contributed by atoms with van der Waals surface area (Å²) in [5.41, 5.74) is 7.72. The molecule has 0 amide bonds. The molecule has 0 saturated heterocycles. The highest BCUT2D eigenvalue weighted by atomic mass is 16.2. The van der Waals surface area contributed by atoms with Gasteiger partial charge in [0.15, 0.2) is 0 Å². The van der Waals surface area contributed by atoms with E-state index < -0.39 is 0 Å². The molecule has 0 heterocycles. The topological polar surface area (TPSA) is 70.0 Å². The molecule has 0 aliphatic rings. The number of para-hydroxylation sites is 1. The number of hydrogen-bond acceptors (Lipinski definition) is 3. The van der Waals surface area contributed by atoms with Gasteiger partial charge in [0.2, 0.25) is 0 Å². The van der Waals surface area contributed by atoms with Crippen molar-refractivity contribution >= 4 is 5.69 Å². The Morgan fingerprint density at radius 1 is 1.46 bits per heavy atom. The fourth-order valence-electron chi connectivity index (χ4n) is 1.20. The number of anilines is 1. The van der Waals surface area contributed by atoms with Crippen molar-refractivity contribution in [2.45, 2.75) is 12.8 Å². The summed E-state index contributed by atoms with van der Waals surface area (Å²) in [5.74, 6) is 0. The van der Waals surface area contributed by atoms with E-state index in [1.54, 1.807) is 6.07 Å². The third kappa shape index (κ3) is 2.20. The normalized spacial score (nSPS) is 9.54. The molecule has 1 aromatic rings. The highest BCUT2D eigenvalue weighted by Gasteiger charge is 2.02. The van der Waals surface area contributed by atoms with Crippen LogP contribution in [0.25, 0.3) is 0 Å². The molecule has 1 aromatic carbocycles. The minimum absolute atomic E-state index is 0.149. The summed E-state index contributed by atoms with van der Waals surface area (Å²) in [6.45, 7) is 0.149. The molecule has 13 heavy (non-hydrogen) atoms. The van der Waals surface area contributed by atoms with E-state index >= 15 is 0 Å². The van der Waals surface area contributed by atoms with Crippen LogP contribution >= 0.6 is 0 Å². The summed E-state index contributed by atoms with van der Waals surface area (Å²) in [6, 6.07) is 7.40. The standard InChI is InChI=1S/C10H12N2O/c11-7-9-4-1-3-8(10(9)12)5-2-6-13/h1,3-4,13H,2,5-6,12H2. The smallest absolute Gasteiger partial charge is 0.101 e. The average molecular weight is 176 g/mol. The summed E-state index contributed by atoms with van der Waals surface area (Å²) in [6.07, 6.45) is 1.40. The highest BCUT2D eigenvalue weighted by molar-refractivity contribution is 5.59. The van der Waals surface area contributed by atoms with Crippen molar-refractivity contribution in [3.05, 3.63) is 29.3 Å². The van der Waals surface area contributed by atoms with Crippen LogP contribution in [0.4, 0.5) is 5.69 Å². The highest BCUT2D eigenvalue weighted by Crippen LogP contribution is 2.17. The third-order valence-electron chi connectivity index (χ3n) is 1.92. The molecule has 0 saturated carbocycles. The van der Waals surface area contributed by atoms with Gasteiger partial charge in [0.25, 0.3) is 0 Å². The van der Waals surface area contributed by atoms with Gasteiger partial charge in [-0.3, -0.25) is 0 Å². The van der Waals surface area contributed by atoms with E-state index in [0.29, 0.717) is 17.7 Å². The van der Waals surface area contributed by atoms with Crippen LogP contribution < -0.4 is 5.73 Å². The summed E-state index contributed by atoms with van der Waals surface area (Å²) in [5, 5.41) is 17.3. The number of aliphatic hydroxyl groups is 1. The van der Waals surface area contributed by atoms with Gasteiger partial charge in [-0.2, -0.15) is 5.26 Å². The zero-order valence-corrected chi connectivity index (χ0v) is 7.33. The number of nitrogens with two attached hydrogens (primary N) is 1. The SMILES string of the molecule is N#Cc1cccc(CCCO)c1N. The van der Waals surface area contributed by atoms with Gasteiger partial charge in [-0.25, -0.2) is 0 Å². The zero-order valence-electron chi connectivity index (χ0n) is 7.33. The van der Waals surface area contributed by atoms with Crippen LogP contribution in [-0.2, 0) is 6.42 Å². The first kappa shape index (κ1) is 9.56. The molecule has 0 aliphatic heterocycles. The van der Waals surface area contributed by atoms with Gasteiger partial charge in [-0.15, -0.1) is 0 Å². The van der Waals surface area contributed by atoms with Crippen LogP contribution in [0.1, 0.15) is 17.5 Å². The van der Waals surface area contributed by atoms with Crippen molar-refractivity contribution in [2.75, 3.05) is 12.3 Å². The van der Waals surface area contributed by atoms with Crippen LogP contribution in [0.3, 0.4) is 0 Å². The lowest BCUT2D eigenvalue weighted by molar-refractivity contribution is 0.288. The van der Waals surface area contributed by atoms with E-state index in [1.165, 1.54) is 0 Å². The van der Waals surface area contributed by atoms with Gasteiger partial charge in [0, 0.05) is 6.61 Å². The third-order valence-corrected chi connectivity index (χ3v) is 1.92. The molecular formula is C10H12N2O. The van der Waals surface area contributed by atoms with E-state index in [2.05, 4.69) is 0 Å². The van der Waals surface area contributed by atoms with E-state index in [1.807, 2.05) is 18.2 Å². The number of nitriles is 1. The first-order chi connectivity index (χ1) is 6.29. The number of aliphatic hydroxyl groups excluding tert-OH is 1. The van der Waals surface area contributed by atoms with Crippen LogP contribution in [0.5, 0.6) is 0 Å². The molecular weight excluding hydrogens is 164 g/mol. The molecule has 0 atom stereocenters. The Balaban J connectivity index is 2.90. The Morgan fingerprint density at radius 3 is 2.85 bits per heavy atom. The second kappa shape index (κ2) is 4.48. The summed E-state index contributed by atoms with van der Waals surface area (Å²) in [7, 11) is 0. The second-order valence-corrected chi connectivity index (χ2v) is 2.82. The number of hydrogen-bond donors (Lipinski definition) is 2. The Bertz CT molecular complexity index is 328. The molecule has 0 unspecified atom stereocenters. The Morgan fingerprint density at radius 2 is 2.23 bits per heavy atom. The fraction of sp³-hybridized carbons (Fsp3) is 0.300. The van der Waals surface area contributed by atoms with Crippen molar-refractivity contribution in [1.29, 1.82) is 5.26 Å². The molecule has 3 N–H and O–H groups in total. The fourth-order valence-corrected chi connectivity index (χ4v) is 1.20. The van der Waals surface area contributed by atoms with Gasteiger partial charge in [-0.1, -0.05) is 12.1 Å². The van der Waals surface area contributed by atoms with Crippen LogP contribution in [-0.4, -0.2) is 11.7 Å². The zero-order chi connectivity index (χ0) is 9.68. The molecule has 0 bridgehead atoms. The monoisotopic (exact) mass is 176 g/mol. The molecule has 0 radical (unpaired) electrons. The minimum Gasteiger partial charge on any atom is -0.397 e. The maximum absolute atomic E-state index is 8.69. The maximum atomic E-state index is 8.69. The maximum Gasteiger partial charge on any atom is 0.101 e. The number of nitrogen functional groups attached to an aromatic ring is 1. The molecule has 1 rings (SSSR count). The molecule has 68 valence electrons. The van der Waals surface area contributed by atoms with E-state index in [9.17, 15) is 0 Å².